The number of halogens is 1. The van der Waals surface area contributed by atoms with Crippen LogP contribution in [0, 0.1) is 0 Å². The summed E-state index contributed by atoms with van der Waals surface area (Å²) < 4.78 is 12.1. The first-order valence-electron chi connectivity index (χ1n) is 8.01. The summed E-state index contributed by atoms with van der Waals surface area (Å²) in [6.07, 6.45) is 0. The highest BCUT2D eigenvalue weighted by atomic mass is 79.9. The SMILES string of the molecule is CCOc1ccc(C(=O)NC(C)c2cccc(Br)c2)cc1OCC. The molecule has 0 radical (unpaired) electrons. The number of ether oxygens (including phenoxy) is 2. The van der Waals surface area contributed by atoms with Crippen LogP contribution in [0.3, 0.4) is 0 Å². The summed E-state index contributed by atoms with van der Waals surface area (Å²) in [6, 6.07) is 13.0. The van der Waals surface area contributed by atoms with Gasteiger partial charge in [0.2, 0.25) is 0 Å². The van der Waals surface area contributed by atoms with Crippen molar-refractivity contribution < 1.29 is 14.3 Å². The minimum Gasteiger partial charge on any atom is -0.490 e. The topological polar surface area (TPSA) is 47.6 Å². The number of amides is 1. The molecule has 2 rings (SSSR count). The number of benzene rings is 2. The Morgan fingerprint density at radius 3 is 2.46 bits per heavy atom. The number of rotatable bonds is 7. The zero-order chi connectivity index (χ0) is 17.5. The molecule has 24 heavy (non-hydrogen) atoms. The van der Waals surface area contributed by atoms with E-state index in [-0.39, 0.29) is 11.9 Å². The Balaban J connectivity index is 2.15. The largest absolute Gasteiger partial charge is 0.490 e. The molecule has 128 valence electrons. The molecule has 0 aliphatic carbocycles. The Morgan fingerprint density at radius 1 is 1.08 bits per heavy atom. The van der Waals surface area contributed by atoms with E-state index in [1.807, 2.05) is 45.0 Å². The Bertz CT molecular complexity index is 703. The molecule has 0 aliphatic rings. The lowest BCUT2D eigenvalue weighted by Gasteiger charge is -2.16. The molecular weight excluding hydrogens is 370 g/mol. The van der Waals surface area contributed by atoms with Crippen LogP contribution < -0.4 is 14.8 Å². The highest BCUT2D eigenvalue weighted by molar-refractivity contribution is 9.10. The maximum atomic E-state index is 12.5. The molecule has 0 heterocycles. The fourth-order valence-electron chi connectivity index (χ4n) is 2.33. The van der Waals surface area contributed by atoms with E-state index in [4.69, 9.17) is 9.47 Å². The first kappa shape index (κ1) is 18.3. The second-order valence-corrected chi connectivity index (χ2v) is 6.19. The van der Waals surface area contributed by atoms with Crippen molar-refractivity contribution >= 4 is 21.8 Å². The Labute approximate surface area is 151 Å². The van der Waals surface area contributed by atoms with Gasteiger partial charge in [-0.25, -0.2) is 0 Å². The molecule has 1 amide bonds. The molecule has 0 fully saturated rings. The molecule has 0 aromatic heterocycles. The van der Waals surface area contributed by atoms with Crippen molar-refractivity contribution in [2.75, 3.05) is 13.2 Å². The predicted molar refractivity (Wildman–Crippen MR) is 98.8 cm³/mol. The molecule has 0 aliphatic heterocycles. The molecular formula is C19H22BrNO3. The number of nitrogens with one attached hydrogen (secondary N) is 1. The highest BCUT2D eigenvalue weighted by Gasteiger charge is 2.14. The molecule has 1 atom stereocenters. The molecule has 1 unspecified atom stereocenters. The summed E-state index contributed by atoms with van der Waals surface area (Å²) in [4.78, 5) is 12.5. The Morgan fingerprint density at radius 2 is 1.79 bits per heavy atom. The van der Waals surface area contributed by atoms with Crippen LogP contribution in [-0.4, -0.2) is 19.1 Å². The van der Waals surface area contributed by atoms with E-state index in [0.29, 0.717) is 30.3 Å². The average Bonchev–Trinajstić information content (AvgIpc) is 2.56. The van der Waals surface area contributed by atoms with E-state index in [1.54, 1.807) is 18.2 Å². The summed E-state index contributed by atoms with van der Waals surface area (Å²) in [7, 11) is 0. The van der Waals surface area contributed by atoms with Crippen molar-refractivity contribution in [1.29, 1.82) is 0 Å². The molecule has 5 heteroatoms. The summed E-state index contributed by atoms with van der Waals surface area (Å²) in [5.74, 6) is 1.09. The van der Waals surface area contributed by atoms with E-state index >= 15 is 0 Å². The first-order chi connectivity index (χ1) is 11.5. The van der Waals surface area contributed by atoms with Crippen LogP contribution in [0.2, 0.25) is 0 Å². The van der Waals surface area contributed by atoms with E-state index < -0.39 is 0 Å². The van der Waals surface area contributed by atoms with Gasteiger partial charge in [0.25, 0.3) is 5.91 Å². The lowest BCUT2D eigenvalue weighted by molar-refractivity contribution is 0.0939. The van der Waals surface area contributed by atoms with Crippen LogP contribution in [0.4, 0.5) is 0 Å². The number of hydrogen-bond acceptors (Lipinski definition) is 3. The second kappa shape index (κ2) is 8.73. The van der Waals surface area contributed by atoms with Crippen LogP contribution in [0.5, 0.6) is 11.5 Å². The lowest BCUT2D eigenvalue weighted by atomic mass is 10.1. The van der Waals surface area contributed by atoms with Crippen LogP contribution in [0.1, 0.15) is 42.7 Å². The molecule has 0 saturated carbocycles. The molecule has 0 saturated heterocycles. The third-order valence-electron chi connectivity index (χ3n) is 3.50. The fourth-order valence-corrected chi connectivity index (χ4v) is 2.75. The Kier molecular flexibility index (Phi) is 6.67. The van der Waals surface area contributed by atoms with Crippen molar-refractivity contribution in [2.24, 2.45) is 0 Å². The normalized spacial score (nSPS) is 11.7. The predicted octanol–water partition coefficient (Wildman–Crippen LogP) is 4.74. The van der Waals surface area contributed by atoms with E-state index in [9.17, 15) is 4.79 Å². The van der Waals surface area contributed by atoms with Gasteiger partial charge in [0.1, 0.15) is 0 Å². The first-order valence-corrected chi connectivity index (χ1v) is 8.80. The van der Waals surface area contributed by atoms with Crippen molar-refractivity contribution in [3.05, 3.63) is 58.1 Å². The molecule has 2 aromatic carbocycles. The third-order valence-corrected chi connectivity index (χ3v) is 4.00. The molecule has 2 aromatic rings. The number of carbonyl (C=O) groups excluding carboxylic acids is 1. The minimum absolute atomic E-state index is 0.0999. The maximum absolute atomic E-state index is 12.5. The van der Waals surface area contributed by atoms with Crippen LogP contribution in [0.15, 0.2) is 46.9 Å². The van der Waals surface area contributed by atoms with E-state index in [0.717, 1.165) is 10.0 Å². The molecule has 4 nitrogen and oxygen atoms in total. The van der Waals surface area contributed by atoms with Crippen molar-refractivity contribution in [1.82, 2.24) is 5.32 Å². The Hall–Kier alpha value is -2.01. The van der Waals surface area contributed by atoms with Crippen LogP contribution in [0.25, 0.3) is 0 Å². The monoisotopic (exact) mass is 391 g/mol. The fraction of sp³-hybridized carbons (Fsp3) is 0.316. The van der Waals surface area contributed by atoms with Gasteiger partial charge in [0.05, 0.1) is 19.3 Å². The number of carbonyl (C=O) groups is 1. The third kappa shape index (κ3) is 4.74. The van der Waals surface area contributed by atoms with Gasteiger partial charge in [-0.2, -0.15) is 0 Å². The quantitative estimate of drug-likeness (QED) is 0.741. The molecule has 1 N–H and O–H groups in total. The molecule has 0 bridgehead atoms. The van der Waals surface area contributed by atoms with Gasteiger partial charge in [0, 0.05) is 10.0 Å². The van der Waals surface area contributed by atoms with Gasteiger partial charge in [-0.05, 0) is 56.7 Å². The van der Waals surface area contributed by atoms with E-state index in [2.05, 4.69) is 21.2 Å². The smallest absolute Gasteiger partial charge is 0.251 e. The lowest BCUT2D eigenvalue weighted by Crippen LogP contribution is -2.26. The minimum atomic E-state index is -0.147. The summed E-state index contributed by atoms with van der Waals surface area (Å²) in [5.41, 5.74) is 1.58. The van der Waals surface area contributed by atoms with Gasteiger partial charge in [0.15, 0.2) is 11.5 Å². The zero-order valence-electron chi connectivity index (χ0n) is 14.1. The second-order valence-electron chi connectivity index (χ2n) is 5.28. The van der Waals surface area contributed by atoms with Gasteiger partial charge < -0.3 is 14.8 Å². The summed E-state index contributed by atoms with van der Waals surface area (Å²) in [6.45, 7) is 6.83. The van der Waals surface area contributed by atoms with Gasteiger partial charge in [-0.1, -0.05) is 28.1 Å². The summed E-state index contributed by atoms with van der Waals surface area (Å²) in [5, 5.41) is 3.00. The summed E-state index contributed by atoms with van der Waals surface area (Å²) >= 11 is 3.45. The maximum Gasteiger partial charge on any atom is 0.251 e. The van der Waals surface area contributed by atoms with Gasteiger partial charge in [-0.3, -0.25) is 4.79 Å². The standard InChI is InChI=1S/C19H22BrNO3/c1-4-23-17-10-9-15(12-18(17)24-5-2)19(22)21-13(3)14-7-6-8-16(20)11-14/h6-13H,4-5H2,1-3H3,(H,21,22). The van der Waals surface area contributed by atoms with Crippen molar-refractivity contribution in [3.63, 3.8) is 0 Å². The number of hydrogen-bond donors (Lipinski definition) is 1. The zero-order valence-corrected chi connectivity index (χ0v) is 15.7. The highest BCUT2D eigenvalue weighted by Crippen LogP contribution is 2.29. The van der Waals surface area contributed by atoms with E-state index in [1.165, 1.54) is 0 Å². The molecule has 0 spiro atoms. The van der Waals surface area contributed by atoms with Crippen LogP contribution >= 0.6 is 15.9 Å². The average molecular weight is 392 g/mol. The van der Waals surface area contributed by atoms with Crippen LogP contribution in [-0.2, 0) is 0 Å². The van der Waals surface area contributed by atoms with Gasteiger partial charge >= 0.3 is 0 Å². The van der Waals surface area contributed by atoms with Crippen molar-refractivity contribution in [3.8, 4) is 11.5 Å². The van der Waals surface area contributed by atoms with Crippen molar-refractivity contribution in [2.45, 2.75) is 26.8 Å². The van der Waals surface area contributed by atoms with Gasteiger partial charge in [-0.15, -0.1) is 0 Å².